The number of hydrogen-bond donors (Lipinski definition) is 1. The average molecular weight is 471 g/mol. The van der Waals surface area contributed by atoms with Crippen LogP contribution in [0, 0.1) is 0 Å². The Labute approximate surface area is 203 Å². The monoisotopic (exact) mass is 470 g/mol. The molecule has 172 valence electrons. The van der Waals surface area contributed by atoms with Gasteiger partial charge in [-0.05, 0) is 67.4 Å². The number of rotatable bonds is 9. The van der Waals surface area contributed by atoms with Crippen LogP contribution in [0.5, 0.6) is 11.5 Å². The Hall–Kier alpha value is -3.90. The largest absolute Gasteiger partial charge is 0.491 e. The van der Waals surface area contributed by atoms with Gasteiger partial charge in [-0.25, -0.2) is 4.98 Å². The first kappa shape index (κ1) is 23.3. The summed E-state index contributed by atoms with van der Waals surface area (Å²) in [6.07, 6.45) is 3.39. The van der Waals surface area contributed by atoms with Gasteiger partial charge in [0.25, 0.3) is 0 Å². The highest BCUT2D eigenvalue weighted by Crippen LogP contribution is 2.27. The zero-order valence-corrected chi connectivity index (χ0v) is 19.9. The van der Waals surface area contributed by atoms with Gasteiger partial charge >= 0.3 is 0 Å². The van der Waals surface area contributed by atoms with E-state index in [1.807, 2.05) is 98.1 Å². The highest BCUT2D eigenvalue weighted by atomic mass is 32.1. The van der Waals surface area contributed by atoms with Gasteiger partial charge in [0.2, 0.25) is 5.91 Å². The van der Waals surface area contributed by atoms with E-state index in [0.29, 0.717) is 11.7 Å². The molecule has 1 heterocycles. The minimum absolute atomic E-state index is 0.130. The maximum atomic E-state index is 12.3. The van der Waals surface area contributed by atoms with Crippen molar-refractivity contribution in [1.82, 2.24) is 4.98 Å². The first-order valence-corrected chi connectivity index (χ1v) is 11.9. The van der Waals surface area contributed by atoms with E-state index in [1.165, 1.54) is 17.4 Å². The molecule has 1 amide bonds. The van der Waals surface area contributed by atoms with Gasteiger partial charge in [0, 0.05) is 17.0 Å². The number of nitrogens with zero attached hydrogens (tertiary/aromatic N) is 1. The molecule has 0 aliphatic rings. The summed E-state index contributed by atoms with van der Waals surface area (Å²) in [6.45, 7) is 4.51. The molecule has 0 bridgehead atoms. The minimum Gasteiger partial charge on any atom is -0.491 e. The molecule has 0 aliphatic carbocycles. The number of nitrogens with one attached hydrogen (secondary N) is 1. The molecule has 0 atom stereocenters. The van der Waals surface area contributed by atoms with Crippen LogP contribution in [0.4, 0.5) is 5.13 Å². The predicted octanol–water partition coefficient (Wildman–Crippen LogP) is 6.83. The third-order valence-corrected chi connectivity index (χ3v) is 5.57. The minimum atomic E-state index is -0.231. The molecule has 0 saturated heterocycles. The lowest BCUT2D eigenvalue weighted by molar-refractivity contribution is -0.111. The van der Waals surface area contributed by atoms with E-state index < -0.39 is 0 Å². The summed E-state index contributed by atoms with van der Waals surface area (Å²) in [5.41, 5.74) is 3.81. The van der Waals surface area contributed by atoms with Crippen molar-refractivity contribution in [2.24, 2.45) is 0 Å². The second kappa shape index (κ2) is 11.3. The number of thiazole rings is 1. The van der Waals surface area contributed by atoms with Gasteiger partial charge in [0.1, 0.15) is 18.1 Å². The molecule has 34 heavy (non-hydrogen) atoms. The smallest absolute Gasteiger partial charge is 0.250 e. The van der Waals surface area contributed by atoms with Gasteiger partial charge in [-0.15, -0.1) is 11.3 Å². The highest BCUT2D eigenvalue weighted by molar-refractivity contribution is 7.14. The van der Waals surface area contributed by atoms with Crippen molar-refractivity contribution in [1.29, 1.82) is 0 Å². The fourth-order valence-corrected chi connectivity index (χ4v) is 3.90. The van der Waals surface area contributed by atoms with E-state index in [9.17, 15) is 4.79 Å². The summed E-state index contributed by atoms with van der Waals surface area (Å²) in [5.74, 6) is 1.37. The Morgan fingerprint density at radius 1 is 0.971 bits per heavy atom. The Morgan fingerprint density at radius 2 is 1.68 bits per heavy atom. The fourth-order valence-electron chi connectivity index (χ4n) is 3.18. The van der Waals surface area contributed by atoms with Crippen molar-refractivity contribution in [3.8, 4) is 22.8 Å². The zero-order valence-electron chi connectivity index (χ0n) is 19.1. The third kappa shape index (κ3) is 6.80. The topological polar surface area (TPSA) is 60.5 Å². The number of carbonyl (C=O) groups excluding carboxylic acids is 1. The summed E-state index contributed by atoms with van der Waals surface area (Å²) in [6, 6.07) is 25.4. The number of amides is 1. The van der Waals surface area contributed by atoms with Gasteiger partial charge in [-0.1, -0.05) is 42.5 Å². The number of anilines is 1. The van der Waals surface area contributed by atoms with Gasteiger partial charge in [0.15, 0.2) is 5.13 Å². The molecule has 1 N–H and O–H groups in total. The molecule has 0 radical (unpaired) electrons. The molecule has 1 aromatic heterocycles. The number of hydrogen-bond acceptors (Lipinski definition) is 5. The second-order valence-corrected chi connectivity index (χ2v) is 8.75. The lowest BCUT2D eigenvalue weighted by atomic mass is 10.2. The van der Waals surface area contributed by atoms with Crippen LogP contribution in [-0.2, 0) is 11.4 Å². The van der Waals surface area contributed by atoms with Crippen molar-refractivity contribution in [2.75, 3.05) is 5.32 Å². The maximum absolute atomic E-state index is 12.3. The molecule has 4 aromatic rings. The second-order valence-electron chi connectivity index (χ2n) is 7.89. The Kier molecular flexibility index (Phi) is 7.73. The zero-order chi connectivity index (χ0) is 23.8. The molecular weight excluding hydrogens is 444 g/mol. The van der Waals surface area contributed by atoms with Crippen LogP contribution in [0.1, 0.15) is 25.0 Å². The van der Waals surface area contributed by atoms with E-state index in [4.69, 9.17) is 9.47 Å². The van der Waals surface area contributed by atoms with Gasteiger partial charge < -0.3 is 9.47 Å². The maximum Gasteiger partial charge on any atom is 0.250 e. The van der Waals surface area contributed by atoms with Gasteiger partial charge in [-0.3, -0.25) is 10.1 Å². The van der Waals surface area contributed by atoms with Gasteiger partial charge in [-0.2, -0.15) is 0 Å². The van der Waals surface area contributed by atoms with Crippen molar-refractivity contribution in [3.05, 3.63) is 101 Å². The molecule has 0 spiro atoms. The summed E-state index contributed by atoms with van der Waals surface area (Å²) < 4.78 is 11.5. The van der Waals surface area contributed by atoms with Crippen molar-refractivity contribution < 1.29 is 14.3 Å². The lowest BCUT2D eigenvalue weighted by Crippen LogP contribution is -2.07. The molecular formula is C28H26N2O3S. The van der Waals surface area contributed by atoms with E-state index >= 15 is 0 Å². The standard InChI is InChI=1S/C28H26N2O3S/c1-20(2)33-25-15-11-23(12-16-25)26-19-34-28(29-26)30-27(31)17-10-21-8-13-24(14-9-21)32-18-22-6-4-3-5-7-22/h3-17,19-20H,18H2,1-2H3,(H,29,30,31). The van der Waals surface area contributed by atoms with Crippen LogP contribution >= 0.6 is 11.3 Å². The predicted molar refractivity (Wildman–Crippen MR) is 138 cm³/mol. The Bertz CT molecular complexity index is 1230. The molecule has 4 rings (SSSR count). The van der Waals surface area contributed by atoms with Gasteiger partial charge in [0.05, 0.1) is 11.8 Å². The van der Waals surface area contributed by atoms with Crippen molar-refractivity contribution in [2.45, 2.75) is 26.6 Å². The molecule has 3 aromatic carbocycles. The summed E-state index contributed by atoms with van der Waals surface area (Å²) in [5, 5.41) is 5.30. The Morgan fingerprint density at radius 3 is 2.38 bits per heavy atom. The summed E-state index contributed by atoms with van der Waals surface area (Å²) in [4.78, 5) is 16.9. The molecule has 0 aliphatic heterocycles. The quantitative estimate of drug-likeness (QED) is 0.272. The molecule has 0 saturated carbocycles. The SMILES string of the molecule is CC(C)Oc1ccc(-c2csc(NC(=O)C=Cc3ccc(OCc4ccccc4)cc3)n2)cc1. The summed E-state index contributed by atoms with van der Waals surface area (Å²) >= 11 is 1.39. The van der Waals surface area contributed by atoms with E-state index in [0.717, 1.165) is 33.9 Å². The first-order chi connectivity index (χ1) is 16.5. The van der Waals surface area contributed by atoms with Crippen LogP contribution in [0.15, 0.2) is 90.3 Å². The first-order valence-electron chi connectivity index (χ1n) is 11.0. The van der Waals surface area contributed by atoms with E-state index in [2.05, 4.69) is 10.3 Å². The lowest BCUT2D eigenvalue weighted by Gasteiger charge is -2.09. The number of ether oxygens (including phenoxy) is 2. The third-order valence-electron chi connectivity index (χ3n) is 4.81. The average Bonchev–Trinajstić information content (AvgIpc) is 3.31. The molecule has 0 fully saturated rings. The molecule has 5 nitrogen and oxygen atoms in total. The van der Waals surface area contributed by atoms with Crippen LogP contribution in [0.2, 0.25) is 0 Å². The van der Waals surface area contributed by atoms with Crippen LogP contribution in [0.3, 0.4) is 0 Å². The van der Waals surface area contributed by atoms with E-state index in [-0.39, 0.29) is 12.0 Å². The normalized spacial score (nSPS) is 11.0. The van der Waals surface area contributed by atoms with E-state index in [1.54, 1.807) is 6.08 Å². The van der Waals surface area contributed by atoms with Crippen molar-refractivity contribution in [3.63, 3.8) is 0 Å². The number of benzene rings is 3. The highest BCUT2D eigenvalue weighted by Gasteiger charge is 2.07. The number of aromatic nitrogens is 1. The Balaban J connectivity index is 1.29. The summed E-state index contributed by atoms with van der Waals surface area (Å²) in [7, 11) is 0. The van der Waals surface area contributed by atoms with Crippen LogP contribution in [0.25, 0.3) is 17.3 Å². The molecule has 0 unspecified atom stereocenters. The number of carbonyl (C=O) groups is 1. The van der Waals surface area contributed by atoms with Crippen LogP contribution in [-0.4, -0.2) is 17.0 Å². The molecule has 6 heteroatoms. The fraction of sp³-hybridized carbons (Fsp3) is 0.143. The van der Waals surface area contributed by atoms with Crippen molar-refractivity contribution >= 4 is 28.5 Å². The van der Waals surface area contributed by atoms with Crippen LogP contribution < -0.4 is 14.8 Å².